The third-order valence-corrected chi connectivity index (χ3v) is 5.41. The van der Waals surface area contributed by atoms with Crippen LogP contribution in [-0.2, 0) is 19.7 Å². The van der Waals surface area contributed by atoms with Gasteiger partial charge in [0.1, 0.15) is 0 Å². The first-order valence-corrected chi connectivity index (χ1v) is 9.94. The van der Waals surface area contributed by atoms with Gasteiger partial charge < -0.3 is 15.0 Å². The minimum Gasteiger partial charge on any atom is -0.465 e. The molecular weight excluding hydrogens is 388 g/mol. The molecule has 1 aliphatic rings. The van der Waals surface area contributed by atoms with E-state index in [-0.39, 0.29) is 24.3 Å². The molecule has 2 aromatic carbocycles. The SMILES string of the molecule is CCOC(=O)C1(c2ccccc2)CCN(CCC(=O)Nc2ccccc2)CC1.Cl. The van der Waals surface area contributed by atoms with E-state index in [2.05, 4.69) is 10.2 Å². The molecule has 29 heavy (non-hydrogen) atoms. The van der Waals surface area contributed by atoms with Crippen molar-refractivity contribution < 1.29 is 14.3 Å². The highest BCUT2D eigenvalue weighted by Gasteiger charge is 2.44. The Balaban J connectivity index is 0.00000300. The van der Waals surface area contributed by atoms with Gasteiger partial charge in [0.05, 0.1) is 12.0 Å². The minimum absolute atomic E-state index is 0. The van der Waals surface area contributed by atoms with Gasteiger partial charge in [0.25, 0.3) is 0 Å². The lowest BCUT2D eigenvalue weighted by Crippen LogP contribution is -2.48. The molecule has 0 saturated carbocycles. The molecule has 0 bridgehead atoms. The van der Waals surface area contributed by atoms with Gasteiger partial charge in [-0.1, -0.05) is 48.5 Å². The fourth-order valence-corrected chi connectivity index (χ4v) is 3.80. The zero-order valence-corrected chi connectivity index (χ0v) is 17.6. The maximum atomic E-state index is 12.8. The molecular formula is C23H29ClN2O3. The van der Waals surface area contributed by atoms with E-state index >= 15 is 0 Å². The number of nitrogens with zero attached hydrogens (tertiary/aromatic N) is 1. The summed E-state index contributed by atoms with van der Waals surface area (Å²) < 4.78 is 5.42. The van der Waals surface area contributed by atoms with Crippen molar-refractivity contribution in [2.45, 2.75) is 31.6 Å². The van der Waals surface area contributed by atoms with Gasteiger partial charge in [-0.05, 0) is 50.6 Å². The molecule has 3 rings (SSSR count). The van der Waals surface area contributed by atoms with Crippen molar-refractivity contribution in [1.82, 2.24) is 4.90 Å². The molecule has 1 N–H and O–H groups in total. The summed E-state index contributed by atoms with van der Waals surface area (Å²) in [4.78, 5) is 27.2. The molecule has 1 heterocycles. The third-order valence-electron chi connectivity index (χ3n) is 5.41. The number of hydrogen-bond donors (Lipinski definition) is 1. The van der Waals surface area contributed by atoms with Gasteiger partial charge >= 0.3 is 5.97 Å². The van der Waals surface area contributed by atoms with Gasteiger partial charge in [0.2, 0.25) is 5.91 Å². The van der Waals surface area contributed by atoms with E-state index in [9.17, 15) is 9.59 Å². The number of benzene rings is 2. The Morgan fingerprint density at radius 2 is 1.59 bits per heavy atom. The van der Waals surface area contributed by atoms with E-state index in [0.29, 0.717) is 32.4 Å². The van der Waals surface area contributed by atoms with E-state index in [4.69, 9.17) is 4.74 Å². The van der Waals surface area contributed by atoms with Crippen molar-refractivity contribution in [2.75, 3.05) is 31.6 Å². The lowest BCUT2D eigenvalue weighted by atomic mass is 9.72. The Hall–Kier alpha value is -2.37. The fraction of sp³-hybridized carbons (Fsp3) is 0.391. The van der Waals surface area contributed by atoms with Gasteiger partial charge in [0, 0.05) is 18.7 Å². The number of anilines is 1. The van der Waals surface area contributed by atoms with Crippen LogP contribution >= 0.6 is 12.4 Å². The molecule has 0 unspecified atom stereocenters. The van der Waals surface area contributed by atoms with Crippen LogP contribution < -0.4 is 5.32 Å². The van der Waals surface area contributed by atoms with E-state index in [1.54, 1.807) is 0 Å². The summed E-state index contributed by atoms with van der Waals surface area (Å²) in [6.45, 7) is 4.46. The third kappa shape index (κ3) is 5.81. The van der Waals surface area contributed by atoms with E-state index in [1.165, 1.54) is 0 Å². The summed E-state index contributed by atoms with van der Waals surface area (Å²) in [7, 11) is 0. The second-order valence-corrected chi connectivity index (χ2v) is 7.17. The summed E-state index contributed by atoms with van der Waals surface area (Å²) in [5.74, 6) is -0.126. The van der Waals surface area contributed by atoms with Gasteiger partial charge in [-0.2, -0.15) is 0 Å². The molecule has 6 heteroatoms. The highest BCUT2D eigenvalue weighted by atomic mass is 35.5. The Bertz CT molecular complexity index is 775. The quantitative estimate of drug-likeness (QED) is 0.692. The van der Waals surface area contributed by atoms with Gasteiger partial charge in [-0.15, -0.1) is 12.4 Å². The second kappa shape index (κ2) is 11.0. The first-order valence-electron chi connectivity index (χ1n) is 9.94. The maximum Gasteiger partial charge on any atom is 0.316 e. The van der Waals surface area contributed by atoms with Gasteiger partial charge in [-0.25, -0.2) is 0 Å². The number of para-hydroxylation sites is 1. The van der Waals surface area contributed by atoms with Crippen LogP contribution in [0.4, 0.5) is 5.69 Å². The number of nitrogens with one attached hydrogen (secondary N) is 1. The number of carbonyl (C=O) groups is 2. The van der Waals surface area contributed by atoms with Crippen LogP contribution in [-0.4, -0.2) is 43.0 Å². The average molecular weight is 417 g/mol. The van der Waals surface area contributed by atoms with Crippen LogP contribution in [0, 0.1) is 0 Å². The molecule has 1 fully saturated rings. The molecule has 156 valence electrons. The van der Waals surface area contributed by atoms with E-state index < -0.39 is 5.41 Å². The maximum absolute atomic E-state index is 12.8. The van der Waals surface area contributed by atoms with Crippen LogP contribution in [0.5, 0.6) is 0 Å². The smallest absolute Gasteiger partial charge is 0.316 e. The van der Waals surface area contributed by atoms with E-state index in [1.807, 2.05) is 67.6 Å². The Kier molecular flexibility index (Phi) is 8.68. The topological polar surface area (TPSA) is 58.6 Å². The molecule has 0 radical (unpaired) electrons. The predicted octanol–water partition coefficient (Wildman–Crippen LogP) is 4.03. The number of amides is 1. The number of carbonyl (C=O) groups excluding carboxylic acids is 2. The zero-order chi connectivity index (χ0) is 19.8. The van der Waals surface area contributed by atoms with Gasteiger partial charge in [-0.3, -0.25) is 9.59 Å². The number of piperidine rings is 1. The van der Waals surface area contributed by atoms with Crippen molar-refractivity contribution in [1.29, 1.82) is 0 Å². The van der Waals surface area contributed by atoms with Crippen molar-refractivity contribution in [3.8, 4) is 0 Å². The van der Waals surface area contributed by atoms with Gasteiger partial charge in [0.15, 0.2) is 0 Å². The van der Waals surface area contributed by atoms with Crippen molar-refractivity contribution in [3.63, 3.8) is 0 Å². The second-order valence-electron chi connectivity index (χ2n) is 7.17. The van der Waals surface area contributed by atoms with Crippen LogP contribution in [0.2, 0.25) is 0 Å². The van der Waals surface area contributed by atoms with Crippen molar-refractivity contribution in [2.24, 2.45) is 0 Å². The standard InChI is InChI=1S/C23H28N2O3.ClH/c1-2-28-22(27)23(19-9-5-3-6-10-19)14-17-25(18-15-23)16-13-21(26)24-20-11-7-4-8-12-20;/h3-12H,2,13-18H2,1H3,(H,24,26);1H. The molecule has 5 nitrogen and oxygen atoms in total. The van der Waals surface area contributed by atoms with Crippen molar-refractivity contribution >= 4 is 30.0 Å². The highest BCUT2D eigenvalue weighted by Crippen LogP contribution is 2.37. The Morgan fingerprint density at radius 1 is 1.00 bits per heavy atom. The van der Waals surface area contributed by atoms with Crippen molar-refractivity contribution in [3.05, 3.63) is 66.2 Å². The largest absolute Gasteiger partial charge is 0.465 e. The number of hydrogen-bond acceptors (Lipinski definition) is 4. The number of rotatable bonds is 7. The molecule has 2 aromatic rings. The van der Waals surface area contributed by atoms with E-state index in [0.717, 1.165) is 24.3 Å². The molecule has 1 aliphatic heterocycles. The molecule has 0 aliphatic carbocycles. The summed E-state index contributed by atoms with van der Waals surface area (Å²) in [6, 6.07) is 19.4. The summed E-state index contributed by atoms with van der Waals surface area (Å²) in [5, 5.41) is 2.92. The number of ether oxygens (including phenoxy) is 1. The zero-order valence-electron chi connectivity index (χ0n) is 16.8. The summed E-state index contributed by atoms with van der Waals surface area (Å²) in [5.41, 5.74) is 1.26. The monoisotopic (exact) mass is 416 g/mol. The molecule has 0 spiro atoms. The minimum atomic E-state index is -0.583. The summed E-state index contributed by atoms with van der Waals surface area (Å²) in [6.07, 6.45) is 1.85. The number of likely N-dealkylation sites (tertiary alicyclic amines) is 1. The summed E-state index contributed by atoms with van der Waals surface area (Å²) >= 11 is 0. The highest BCUT2D eigenvalue weighted by molar-refractivity contribution is 5.90. The van der Waals surface area contributed by atoms with Crippen LogP contribution in [0.15, 0.2) is 60.7 Å². The predicted molar refractivity (Wildman–Crippen MR) is 117 cm³/mol. The molecule has 0 aromatic heterocycles. The fourth-order valence-electron chi connectivity index (χ4n) is 3.80. The lowest BCUT2D eigenvalue weighted by molar-refractivity contribution is -0.152. The Morgan fingerprint density at radius 3 is 2.17 bits per heavy atom. The molecule has 1 amide bonds. The first kappa shape index (κ1) is 22.9. The number of halogens is 1. The molecule has 0 atom stereocenters. The first-order chi connectivity index (χ1) is 13.6. The number of esters is 1. The lowest BCUT2D eigenvalue weighted by Gasteiger charge is -2.40. The Labute approximate surface area is 178 Å². The normalized spacial score (nSPS) is 15.8. The average Bonchev–Trinajstić information content (AvgIpc) is 2.74. The van der Waals surface area contributed by atoms with Crippen LogP contribution in [0.1, 0.15) is 31.7 Å². The van der Waals surface area contributed by atoms with Crippen LogP contribution in [0.25, 0.3) is 0 Å². The molecule has 1 saturated heterocycles. The van der Waals surface area contributed by atoms with Crippen LogP contribution in [0.3, 0.4) is 0 Å².